The number of carbonyl (C=O) groups is 1. The van der Waals surface area contributed by atoms with Crippen LogP contribution in [0.4, 0.5) is 11.4 Å². The van der Waals surface area contributed by atoms with Crippen LogP contribution in [0.3, 0.4) is 0 Å². The van der Waals surface area contributed by atoms with E-state index >= 15 is 0 Å². The van der Waals surface area contributed by atoms with Crippen LogP contribution in [0, 0.1) is 13.8 Å². The molecular weight excluding hydrogens is 366 g/mol. The van der Waals surface area contributed by atoms with E-state index in [-0.39, 0.29) is 12.5 Å². The minimum Gasteiger partial charge on any atom is -0.489 e. The number of carbonyl (C=O) groups excluding carboxylic acids is 1. The second-order valence-corrected chi connectivity index (χ2v) is 7.72. The predicted octanol–water partition coefficient (Wildman–Crippen LogP) is 2.82. The zero-order chi connectivity index (χ0) is 20.8. The molecule has 1 aliphatic rings. The Kier molecular flexibility index (Phi) is 7.12. The van der Waals surface area contributed by atoms with Crippen LogP contribution in [-0.4, -0.2) is 61.3 Å². The van der Waals surface area contributed by atoms with Crippen LogP contribution in [-0.2, 0) is 4.79 Å². The maximum Gasteiger partial charge on any atom is 0.221 e. The molecule has 0 spiro atoms. The summed E-state index contributed by atoms with van der Waals surface area (Å²) in [6.45, 7) is 10.2. The van der Waals surface area contributed by atoms with Crippen molar-refractivity contribution < 1.29 is 14.6 Å². The summed E-state index contributed by atoms with van der Waals surface area (Å²) in [6.07, 6.45) is -0.590. The Balaban J connectivity index is 1.47. The van der Waals surface area contributed by atoms with Gasteiger partial charge in [0.1, 0.15) is 18.5 Å². The average Bonchev–Trinajstić information content (AvgIpc) is 2.68. The highest BCUT2D eigenvalue weighted by Gasteiger charge is 2.21. The number of aliphatic hydroxyl groups excluding tert-OH is 1. The highest BCUT2D eigenvalue weighted by molar-refractivity contribution is 5.90. The molecule has 6 heteroatoms. The van der Waals surface area contributed by atoms with Gasteiger partial charge in [-0.25, -0.2) is 0 Å². The van der Waals surface area contributed by atoms with E-state index in [1.807, 2.05) is 12.1 Å². The molecule has 2 aromatic carbocycles. The van der Waals surface area contributed by atoms with E-state index in [2.05, 4.69) is 47.2 Å². The minimum atomic E-state index is -0.590. The molecule has 6 nitrogen and oxygen atoms in total. The number of amides is 1. The molecule has 1 heterocycles. The first-order valence-electron chi connectivity index (χ1n) is 10.1. The highest BCUT2D eigenvalue weighted by Crippen LogP contribution is 2.24. The van der Waals surface area contributed by atoms with E-state index in [1.54, 1.807) is 12.1 Å². The molecule has 1 fully saturated rings. The molecule has 1 aliphatic heterocycles. The number of β-amino-alcohol motifs (C(OH)–C–C–N with tert-alkyl or cyclic N) is 1. The Bertz CT molecular complexity index is 832. The van der Waals surface area contributed by atoms with Crippen LogP contribution < -0.4 is 15.0 Å². The van der Waals surface area contributed by atoms with Gasteiger partial charge >= 0.3 is 0 Å². The maximum atomic E-state index is 11.3. The van der Waals surface area contributed by atoms with Gasteiger partial charge in [-0.05, 0) is 37.6 Å². The van der Waals surface area contributed by atoms with Crippen molar-refractivity contribution >= 4 is 17.3 Å². The normalized spacial score (nSPS) is 15.8. The number of para-hydroxylation sites is 2. The second-order valence-electron chi connectivity index (χ2n) is 7.72. The summed E-state index contributed by atoms with van der Waals surface area (Å²) in [4.78, 5) is 16.0. The lowest BCUT2D eigenvalue weighted by Gasteiger charge is -2.37. The molecule has 1 amide bonds. The van der Waals surface area contributed by atoms with E-state index in [9.17, 15) is 9.90 Å². The Morgan fingerprint density at radius 2 is 1.86 bits per heavy atom. The molecule has 2 aromatic rings. The van der Waals surface area contributed by atoms with Gasteiger partial charge < -0.3 is 20.1 Å². The standard InChI is InChI=1S/C23H31N3O3/c1-17-8-9-22(18(2)14-17)26-12-10-25(11-13-26)15-20(28)16-29-23-7-5-4-6-21(23)24-19(3)27/h4-9,14,20,28H,10-13,15-16H2,1-3H3,(H,24,27). The van der Waals surface area contributed by atoms with Gasteiger partial charge in [-0.1, -0.05) is 29.8 Å². The molecule has 1 atom stereocenters. The van der Waals surface area contributed by atoms with Crippen molar-refractivity contribution in [1.29, 1.82) is 0 Å². The van der Waals surface area contributed by atoms with E-state index in [0.29, 0.717) is 18.0 Å². The van der Waals surface area contributed by atoms with Gasteiger partial charge in [-0.3, -0.25) is 9.69 Å². The smallest absolute Gasteiger partial charge is 0.221 e. The largest absolute Gasteiger partial charge is 0.489 e. The third-order valence-corrected chi connectivity index (χ3v) is 5.16. The van der Waals surface area contributed by atoms with Crippen molar-refractivity contribution in [2.45, 2.75) is 26.9 Å². The van der Waals surface area contributed by atoms with E-state index in [4.69, 9.17) is 4.74 Å². The van der Waals surface area contributed by atoms with Crippen LogP contribution in [0.5, 0.6) is 5.75 Å². The fourth-order valence-corrected chi connectivity index (χ4v) is 3.75. The third kappa shape index (κ3) is 5.95. The summed E-state index contributed by atoms with van der Waals surface area (Å²) in [7, 11) is 0. The van der Waals surface area contributed by atoms with Crippen LogP contribution in [0.15, 0.2) is 42.5 Å². The zero-order valence-corrected chi connectivity index (χ0v) is 17.5. The fourth-order valence-electron chi connectivity index (χ4n) is 3.75. The highest BCUT2D eigenvalue weighted by atomic mass is 16.5. The second kappa shape index (κ2) is 9.76. The van der Waals surface area contributed by atoms with Crippen molar-refractivity contribution in [3.05, 3.63) is 53.6 Å². The summed E-state index contributed by atoms with van der Waals surface area (Å²) in [5.74, 6) is 0.421. The number of nitrogens with one attached hydrogen (secondary N) is 1. The molecule has 0 aliphatic carbocycles. The molecule has 1 unspecified atom stereocenters. The number of aryl methyl sites for hydroxylation is 2. The number of anilines is 2. The van der Waals surface area contributed by atoms with Gasteiger partial charge in [0.25, 0.3) is 0 Å². The third-order valence-electron chi connectivity index (χ3n) is 5.16. The Labute approximate surface area is 173 Å². The van der Waals surface area contributed by atoms with E-state index in [1.165, 1.54) is 23.7 Å². The van der Waals surface area contributed by atoms with Crippen molar-refractivity contribution in [3.63, 3.8) is 0 Å². The van der Waals surface area contributed by atoms with Crippen molar-refractivity contribution in [2.75, 3.05) is 49.5 Å². The lowest BCUT2D eigenvalue weighted by molar-refractivity contribution is -0.114. The summed E-state index contributed by atoms with van der Waals surface area (Å²) < 4.78 is 5.76. The number of benzene rings is 2. The zero-order valence-electron chi connectivity index (χ0n) is 17.5. The van der Waals surface area contributed by atoms with Crippen LogP contribution >= 0.6 is 0 Å². The summed E-state index contributed by atoms with van der Waals surface area (Å²) >= 11 is 0. The molecule has 2 N–H and O–H groups in total. The molecule has 3 rings (SSSR count). The van der Waals surface area contributed by atoms with Gasteiger partial charge in [0.15, 0.2) is 0 Å². The minimum absolute atomic E-state index is 0.150. The Morgan fingerprint density at radius 3 is 2.55 bits per heavy atom. The number of ether oxygens (including phenoxy) is 1. The molecule has 156 valence electrons. The van der Waals surface area contributed by atoms with Crippen LogP contribution in [0.25, 0.3) is 0 Å². The van der Waals surface area contributed by atoms with Gasteiger partial charge in [-0.15, -0.1) is 0 Å². The quantitative estimate of drug-likeness (QED) is 0.752. The lowest BCUT2D eigenvalue weighted by Crippen LogP contribution is -2.49. The maximum absolute atomic E-state index is 11.3. The topological polar surface area (TPSA) is 65.0 Å². The number of rotatable bonds is 7. The lowest BCUT2D eigenvalue weighted by atomic mass is 10.1. The van der Waals surface area contributed by atoms with Gasteiger partial charge in [-0.2, -0.15) is 0 Å². The predicted molar refractivity (Wildman–Crippen MR) is 117 cm³/mol. The van der Waals surface area contributed by atoms with Crippen molar-refractivity contribution in [2.24, 2.45) is 0 Å². The van der Waals surface area contributed by atoms with Crippen molar-refractivity contribution in [3.8, 4) is 5.75 Å². The molecule has 0 saturated carbocycles. The summed E-state index contributed by atoms with van der Waals surface area (Å²) in [6, 6.07) is 13.9. The van der Waals surface area contributed by atoms with E-state index < -0.39 is 6.10 Å². The van der Waals surface area contributed by atoms with Crippen molar-refractivity contribution in [1.82, 2.24) is 4.90 Å². The SMILES string of the molecule is CC(=O)Nc1ccccc1OCC(O)CN1CCN(c2ccc(C)cc2C)CC1. The Morgan fingerprint density at radius 1 is 1.14 bits per heavy atom. The first kappa shape index (κ1) is 21.1. The molecule has 29 heavy (non-hydrogen) atoms. The summed E-state index contributed by atoms with van der Waals surface area (Å²) in [5, 5.41) is 13.2. The molecule has 0 bridgehead atoms. The molecular formula is C23H31N3O3. The van der Waals surface area contributed by atoms with Crippen LogP contribution in [0.2, 0.25) is 0 Å². The number of piperazine rings is 1. The number of aliphatic hydroxyl groups is 1. The van der Waals surface area contributed by atoms with Crippen LogP contribution in [0.1, 0.15) is 18.1 Å². The van der Waals surface area contributed by atoms with E-state index in [0.717, 1.165) is 26.2 Å². The number of hydrogen-bond acceptors (Lipinski definition) is 5. The molecule has 1 saturated heterocycles. The average molecular weight is 398 g/mol. The Hall–Kier alpha value is -2.57. The summed E-state index contributed by atoms with van der Waals surface area (Å²) in [5.41, 5.74) is 4.51. The first-order valence-corrected chi connectivity index (χ1v) is 10.1. The number of nitrogens with zero attached hydrogens (tertiary/aromatic N) is 2. The monoisotopic (exact) mass is 397 g/mol. The van der Waals surface area contributed by atoms with Gasteiger partial charge in [0, 0.05) is 45.3 Å². The fraction of sp³-hybridized carbons (Fsp3) is 0.435. The molecule has 0 aromatic heterocycles. The first-order chi connectivity index (χ1) is 13.9. The number of hydrogen-bond donors (Lipinski definition) is 2. The van der Waals surface area contributed by atoms with Gasteiger partial charge in [0.05, 0.1) is 5.69 Å². The molecule has 0 radical (unpaired) electrons. The van der Waals surface area contributed by atoms with Gasteiger partial charge in [0.2, 0.25) is 5.91 Å².